The highest BCUT2D eigenvalue weighted by Crippen LogP contribution is 2.74. The fraction of sp³-hybridized carbons (Fsp3) is 0.548. The first-order valence-corrected chi connectivity index (χ1v) is 20.6. The normalized spacial score (nSPS) is 15.6. The molecule has 2 nitrogen and oxygen atoms in total. The topological polar surface area (TPSA) is 26.3 Å². The summed E-state index contributed by atoms with van der Waals surface area (Å²) in [5, 5.41) is 0. The van der Waals surface area contributed by atoms with Gasteiger partial charge in [-0.15, -0.1) is 0 Å². The Hall–Kier alpha value is -4.13. The molecule has 3 aromatic rings. The molecule has 26 heteroatoms. The van der Waals surface area contributed by atoms with E-state index in [0.29, 0.717) is 5.56 Å². The SMILES string of the molecule is CC(C)(C)c1cc(C(C)(C)C)c(S(OC(=O)C(F)(F)C(F)(F)C(F)(F)C(F)(F)C(F)(F)C(F)(F)C(F)(F)C(F)(F)C(F)(F)C(F)(F)C(F)(F)F)(c2ccccc2)c2ccccc2)c(C(C)(C)C)c1. The summed E-state index contributed by atoms with van der Waals surface area (Å²) >= 11 is 0. The summed E-state index contributed by atoms with van der Waals surface area (Å²) in [6.07, 6.45) is -8.17. The van der Waals surface area contributed by atoms with Crippen LogP contribution in [0, 0.1) is 0 Å². The van der Waals surface area contributed by atoms with Crippen molar-refractivity contribution in [1.29, 1.82) is 0 Å². The predicted molar refractivity (Wildman–Crippen MR) is 199 cm³/mol. The van der Waals surface area contributed by atoms with Gasteiger partial charge in [0.05, 0.1) is 0 Å². The van der Waals surface area contributed by atoms with Gasteiger partial charge in [0.15, 0.2) is 0 Å². The largest absolute Gasteiger partial charge is 0.460 e. The summed E-state index contributed by atoms with van der Waals surface area (Å²) in [5.41, 5.74) is -2.68. The molecule has 0 fully saturated rings. The number of rotatable bonds is 14. The van der Waals surface area contributed by atoms with Gasteiger partial charge in [0, 0.05) is 14.7 Å². The zero-order valence-corrected chi connectivity index (χ0v) is 37.2. The molecule has 0 radical (unpaired) electrons. The van der Waals surface area contributed by atoms with Crippen LogP contribution in [0.5, 0.6) is 0 Å². The fourth-order valence-corrected chi connectivity index (χ4v) is 10.1. The standard InChI is InChI=1S/C42H39F23O2S/c1-29(2,3)22-20-25(30(4,5)6)27(26(21-22)31(7,8)9)68(23-16-12-10-13-17-23,24-18-14-11-15-19-24)67-28(66)32(43,44)33(45,46)34(47,48)35(49,50)36(51,52)37(53,54)38(55,56)39(57,58)40(59,60)41(61,62)42(63,64)65/h10-21H,1-9H3. The van der Waals surface area contributed by atoms with Gasteiger partial charge < -0.3 is 4.18 Å². The van der Waals surface area contributed by atoms with Crippen molar-refractivity contribution in [2.75, 3.05) is 0 Å². The maximum absolute atomic E-state index is 16.1. The molecule has 0 aliphatic carbocycles. The van der Waals surface area contributed by atoms with E-state index < -0.39 is 108 Å². The number of alkyl halides is 23. The highest BCUT2D eigenvalue weighted by molar-refractivity contribution is 8.30. The molecular formula is C42H39F23O2S. The maximum atomic E-state index is 16.1. The van der Waals surface area contributed by atoms with Gasteiger partial charge in [0.1, 0.15) is 0 Å². The molecule has 0 saturated heterocycles. The molecule has 0 amide bonds. The van der Waals surface area contributed by atoms with Gasteiger partial charge in [0.25, 0.3) is 0 Å². The van der Waals surface area contributed by atoms with E-state index in [-0.39, 0.29) is 16.0 Å². The summed E-state index contributed by atoms with van der Waals surface area (Å²) in [6.45, 7) is 14.2. The Labute approximate surface area is 374 Å². The van der Waals surface area contributed by atoms with E-state index in [1.807, 2.05) is 0 Å². The van der Waals surface area contributed by atoms with Crippen LogP contribution in [0.25, 0.3) is 0 Å². The van der Waals surface area contributed by atoms with Crippen LogP contribution in [-0.2, 0) is 25.2 Å². The second-order valence-corrected chi connectivity index (χ2v) is 21.1. The van der Waals surface area contributed by atoms with Gasteiger partial charge in [0.2, 0.25) is 0 Å². The van der Waals surface area contributed by atoms with Gasteiger partial charge in [-0.1, -0.05) is 111 Å². The van der Waals surface area contributed by atoms with Crippen molar-refractivity contribution in [2.45, 2.75) is 159 Å². The Morgan fingerprint density at radius 2 is 0.647 bits per heavy atom. The lowest BCUT2D eigenvalue weighted by Gasteiger charge is -2.47. The van der Waals surface area contributed by atoms with Gasteiger partial charge in [-0.05, 0) is 67.5 Å². The summed E-state index contributed by atoms with van der Waals surface area (Å²) in [4.78, 5) is 12.6. The third-order valence-corrected chi connectivity index (χ3v) is 13.7. The van der Waals surface area contributed by atoms with E-state index in [2.05, 4.69) is 0 Å². The van der Waals surface area contributed by atoms with Gasteiger partial charge in [-0.2, -0.15) is 101 Å². The second kappa shape index (κ2) is 16.7. The molecule has 0 aromatic heterocycles. The van der Waals surface area contributed by atoms with Gasteiger partial charge in [-0.25, -0.2) is 4.79 Å². The Balaban J connectivity index is 2.48. The molecule has 0 aliphatic heterocycles. The molecule has 0 N–H and O–H groups in total. The molecule has 0 spiro atoms. The number of carbonyl (C=O) groups is 1. The molecule has 0 unspecified atom stereocenters. The van der Waals surface area contributed by atoms with Crippen LogP contribution in [-0.4, -0.2) is 71.4 Å². The van der Waals surface area contributed by atoms with Crippen LogP contribution >= 0.6 is 10.3 Å². The van der Waals surface area contributed by atoms with Crippen LogP contribution < -0.4 is 0 Å². The summed E-state index contributed by atoms with van der Waals surface area (Å²) in [6, 6.07) is 14.2. The predicted octanol–water partition coefficient (Wildman–Crippen LogP) is 16.2. The first-order chi connectivity index (χ1) is 29.8. The maximum Gasteiger partial charge on any atom is 0.460 e. The Morgan fingerprint density at radius 3 is 0.897 bits per heavy atom. The average Bonchev–Trinajstić information content (AvgIpc) is 3.17. The third kappa shape index (κ3) is 8.43. The van der Waals surface area contributed by atoms with Crippen molar-refractivity contribution in [2.24, 2.45) is 0 Å². The molecule has 0 bridgehead atoms. The van der Waals surface area contributed by atoms with Crippen LogP contribution in [0.3, 0.4) is 0 Å². The van der Waals surface area contributed by atoms with Crippen molar-refractivity contribution < 1.29 is 110 Å². The van der Waals surface area contributed by atoms with Crippen molar-refractivity contribution >= 4 is 16.3 Å². The van der Waals surface area contributed by atoms with E-state index >= 15 is 35.1 Å². The lowest BCUT2D eigenvalue weighted by molar-refractivity contribution is -0.477. The number of hydrogen-bond donors (Lipinski definition) is 0. The summed E-state index contributed by atoms with van der Waals surface area (Å²) in [7, 11) is -4.63. The number of hydrogen-bond acceptors (Lipinski definition) is 2. The Kier molecular flexibility index (Phi) is 14.3. The molecule has 3 aromatic carbocycles. The first kappa shape index (κ1) is 58.2. The van der Waals surface area contributed by atoms with Crippen LogP contribution in [0.4, 0.5) is 101 Å². The summed E-state index contributed by atoms with van der Waals surface area (Å²) in [5.74, 6) is -94.8. The minimum Gasteiger partial charge on any atom is -0.397 e. The summed E-state index contributed by atoms with van der Waals surface area (Å²) < 4.78 is 336. The van der Waals surface area contributed by atoms with Crippen molar-refractivity contribution in [3.63, 3.8) is 0 Å². The molecule has 0 heterocycles. The lowest BCUT2D eigenvalue weighted by Crippen LogP contribution is -2.78. The van der Waals surface area contributed by atoms with Crippen molar-refractivity contribution in [3.8, 4) is 0 Å². The minimum absolute atomic E-state index is 0.0514. The van der Waals surface area contributed by atoms with E-state index in [1.54, 1.807) is 20.8 Å². The molecule has 0 saturated carbocycles. The van der Waals surface area contributed by atoms with E-state index in [9.17, 15) is 70.7 Å². The van der Waals surface area contributed by atoms with Gasteiger partial charge in [-0.3, -0.25) is 0 Å². The molecule has 0 atom stereocenters. The highest BCUT2D eigenvalue weighted by Gasteiger charge is 2.99. The van der Waals surface area contributed by atoms with E-state index in [1.165, 1.54) is 65.8 Å². The Bertz CT molecular complexity index is 2230. The van der Waals surface area contributed by atoms with E-state index in [4.69, 9.17) is 4.18 Å². The number of halogens is 23. The quantitative estimate of drug-likeness (QED) is 0.150. The van der Waals surface area contributed by atoms with Crippen LogP contribution in [0.2, 0.25) is 0 Å². The smallest absolute Gasteiger partial charge is 0.397 e. The lowest BCUT2D eigenvalue weighted by atomic mass is 9.75. The van der Waals surface area contributed by atoms with E-state index in [0.717, 1.165) is 48.5 Å². The van der Waals surface area contributed by atoms with Crippen LogP contribution in [0.15, 0.2) is 87.5 Å². The van der Waals surface area contributed by atoms with Gasteiger partial charge >= 0.3 is 71.4 Å². The third-order valence-electron chi connectivity index (χ3n) is 10.4. The van der Waals surface area contributed by atoms with Crippen molar-refractivity contribution in [1.82, 2.24) is 0 Å². The molecular weight excluding hydrogens is 1010 g/mol. The number of carbonyl (C=O) groups excluding carboxylic acids is 1. The monoisotopic (exact) mass is 1040 g/mol. The zero-order chi connectivity index (χ0) is 53.7. The zero-order valence-electron chi connectivity index (χ0n) is 36.3. The first-order valence-electron chi connectivity index (χ1n) is 19.0. The van der Waals surface area contributed by atoms with Crippen molar-refractivity contribution in [3.05, 3.63) is 89.5 Å². The highest BCUT2D eigenvalue weighted by atomic mass is 32.3. The average molecular weight is 1040 g/mol. The molecule has 386 valence electrons. The minimum atomic E-state index is -9.58. The van der Waals surface area contributed by atoms with Crippen LogP contribution in [0.1, 0.15) is 79.0 Å². The second-order valence-electron chi connectivity index (χ2n) is 18.4. The fourth-order valence-electron chi connectivity index (χ4n) is 6.27. The molecule has 0 aliphatic rings. The molecule has 3 rings (SSSR count). The Morgan fingerprint density at radius 1 is 0.382 bits per heavy atom. The molecule has 68 heavy (non-hydrogen) atoms. The number of benzene rings is 3.